The Bertz CT molecular complexity index is 1500. The first-order chi connectivity index (χ1) is 18.5. The highest BCUT2D eigenvalue weighted by molar-refractivity contribution is 5.88. The smallest absolute Gasteiger partial charge is 0.147 e. The summed E-state index contributed by atoms with van der Waals surface area (Å²) in [6.45, 7) is 7.24. The SMILES string of the molecule is CC(=O)C1[C@@H](C)C2(c3ccccc3-c3ccccc32)[C@@]2(CCc3ccc(C)cc3)c3ccccc3CCN12. The maximum atomic E-state index is 13.6. The summed E-state index contributed by atoms with van der Waals surface area (Å²) >= 11 is 0. The van der Waals surface area contributed by atoms with Crippen LogP contribution in [0.25, 0.3) is 11.1 Å². The van der Waals surface area contributed by atoms with E-state index in [2.05, 4.69) is 116 Å². The van der Waals surface area contributed by atoms with Crippen molar-refractivity contribution in [3.8, 4) is 11.1 Å². The summed E-state index contributed by atoms with van der Waals surface area (Å²) in [6, 6.07) is 36.0. The van der Waals surface area contributed by atoms with Crippen LogP contribution in [0.4, 0.5) is 0 Å². The van der Waals surface area contributed by atoms with Crippen molar-refractivity contribution in [2.24, 2.45) is 5.92 Å². The molecule has 2 nitrogen and oxygen atoms in total. The molecule has 0 N–H and O–H groups in total. The van der Waals surface area contributed by atoms with E-state index in [1.54, 1.807) is 0 Å². The van der Waals surface area contributed by atoms with Crippen LogP contribution in [-0.2, 0) is 28.6 Å². The average molecular weight is 498 g/mol. The van der Waals surface area contributed by atoms with Crippen molar-refractivity contribution in [1.29, 1.82) is 0 Å². The summed E-state index contributed by atoms with van der Waals surface area (Å²) in [5.74, 6) is 0.421. The number of aryl methyl sites for hydroxylation is 2. The molecule has 1 spiro atoms. The zero-order chi connectivity index (χ0) is 26.1. The Labute approximate surface area is 226 Å². The van der Waals surface area contributed by atoms with E-state index in [0.717, 1.165) is 25.8 Å². The number of nitrogens with zero attached hydrogens (tertiary/aromatic N) is 1. The number of carbonyl (C=O) groups is 1. The number of hydrogen-bond donors (Lipinski definition) is 0. The lowest BCUT2D eigenvalue weighted by Gasteiger charge is -2.54. The second-order valence-corrected chi connectivity index (χ2v) is 11.7. The zero-order valence-electron chi connectivity index (χ0n) is 22.6. The molecule has 0 amide bonds. The summed E-state index contributed by atoms with van der Waals surface area (Å²) in [4.78, 5) is 16.2. The molecule has 1 saturated heterocycles. The maximum absolute atomic E-state index is 13.6. The predicted molar refractivity (Wildman–Crippen MR) is 154 cm³/mol. The fraction of sp³-hybridized carbons (Fsp3) is 0.306. The molecule has 3 aliphatic rings. The molecule has 38 heavy (non-hydrogen) atoms. The van der Waals surface area contributed by atoms with Crippen molar-refractivity contribution in [2.75, 3.05) is 6.54 Å². The quantitative estimate of drug-likeness (QED) is 0.296. The molecule has 4 aromatic rings. The number of fused-ring (bicyclic) bond motifs is 9. The molecule has 1 unspecified atom stereocenters. The third kappa shape index (κ3) is 2.90. The Morgan fingerprint density at radius 2 is 1.39 bits per heavy atom. The Kier molecular flexibility index (Phi) is 5.29. The zero-order valence-corrected chi connectivity index (χ0v) is 22.6. The van der Waals surface area contributed by atoms with Gasteiger partial charge in [0.15, 0.2) is 0 Å². The van der Waals surface area contributed by atoms with Crippen LogP contribution in [0.5, 0.6) is 0 Å². The van der Waals surface area contributed by atoms with Crippen molar-refractivity contribution >= 4 is 5.78 Å². The molecule has 2 heterocycles. The molecular formula is C36H35NO. The minimum Gasteiger partial charge on any atom is -0.298 e. The lowest BCUT2D eigenvalue weighted by molar-refractivity contribution is -0.123. The molecule has 3 atom stereocenters. The second kappa shape index (κ2) is 8.51. The molecule has 2 aliphatic heterocycles. The van der Waals surface area contributed by atoms with Gasteiger partial charge in [-0.1, -0.05) is 110 Å². The number of Topliss-reactive ketones (excluding diaryl/α,β-unsaturated/α-hetero) is 1. The van der Waals surface area contributed by atoms with E-state index in [-0.39, 0.29) is 28.7 Å². The molecule has 190 valence electrons. The maximum Gasteiger partial charge on any atom is 0.147 e. The Balaban J connectivity index is 1.58. The summed E-state index contributed by atoms with van der Waals surface area (Å²) in [5.41, 5.74) is 10.3. The van der Waals surface area contributed by atoms with Crippen molar-refractivity contribution in [2.45, 2.75) is 57.0 Å². The van der Waals surface area contributed by atoms with E-state index in [1.165, 1.54) is 44.5 Å². The molecule has 1 fully saturated rings. The first kappa shape index (κ1) is 23.6. The first-order valence-electron chi connectivity index (χ1n) is 14.1. The number of hydrogen-bond acceptors (Lipinski definition) is 2. The van der Waals surface area contributed by atoms with Crippen LogP contribution in [0.2, 0.25) is 0 Å². The van der Waals surface area contributed by atoms with E-state index in [1.807, 2.05) is 6.92 Å². The van der Waals surface area contributed by atoms with Gasteiger partial charge >= 0.3 is 0 Å². The molecule has 7 rings (SSSR count). The van der Waals surface area contributed by atoms with Gasteiger partial charge in [-0.3, -0.25) is 9.69 Å². The Morgan fingerprint density at radius 3 is 2.03 bits per heavy atom. The standard InChI is InChI=1S/C36H35NO/c1-24-16-18-27(19-17-24)20-22-35-31-13-7-4-10-28(31)21-23-37(35)34(26(3)38)25(2)36(35)32-14-8-5-11-29(32)30-12-6-9-15-33(30)36/h4-19,25,34H,20-23H2,1-3H3/t25-,34?,35-/m1/s1. The third-order valence-corrected chi connectivity index (χ3v) is 10.0. The van der Waals surface area contributed by atoms with Gasteiger partial charge in [0.1, 0.15) is 5.78 Å². The average Bonchev–Trinajstić information content (AvgIpc) is 3.37. The van der Waals surface area contributed by atoms with Gasteiger partial charge in [-0.05, 0) is 78.0 Å². The van der Waals surface area contributed by atoms with Gasteiger partial charge in [0.25, 0.3) is 0 Å². The van der Waals surface area contributed by atoms with Crippen LogP contribution in [0.3, 0.4) is 0 Å². The molecule has 1 aliphatic carbocycles. The second-order valence-electron chi connectivity index (χ2n) is 11.7. The molecule has 0 bridgehead atoms. The van der Waals surface area contributed by atoms with Gasteiger partial charge in [0, 0.05) is 12.0 Å². The molecule has 2 heteroatoms. The Morgan fingerprint density at radius 1 is 0.816 bits per heavy atom. The highest BCUT2D eigenvalue weighted by Crippen LogP contribution is 2.69. The summed E-state index contributed by atoms with van der Waals surface area (Å²) in [7, 11) is 0. The van der Waals surface area contributed by atoms with Crippen LogP contribution in [-0.4, -0.2) is 23.3 Å². The normalized spacial score (nSPS) is 24.5. The highest BCUT2D eigenvalue weighted by atomic mass is 16.1. The summed E-state index contributed by atoms with van der Waals surface area (Å²) in [6.07, 6.45) is 2.91. The van der Waals surface area contributed by atoms with E-state index in [0.29, 0.717) is 0 Å². The molecule has 0 radical (unpaired) electrons. The van der Waals surface area contributed by atoms with Crippen molar-refractivity contribution < 1.29 is 4.79 Å². The van der Waals surface area contributed by atoms with Crippen molar-refractivity contribution in [1.82, 2.24) is 4.90 Å². The lowest BCUT2D eigenvalue weighted by atomic mass is 9.54. The van der Waals surface area contributed by atoms with Gasteiger partial charge < -0.3 is 0 Å². The van der Waals surface area contributed by atoms with Crippen molar-refractivity contribution in [3.63, 3.8) is 0 Å². The van der Waals surface area contributed by atoms with Gasteiger partial charge in [-0.15, -0.1) is 0 Å². The van der Waals surface area contributed by atoms with Crippen LogP contribution in [0.1, 0.15) is 53.6 Å². The number of carbonyl (C=O) groups excluding carboxylic acids is 1. The van der Waals surface area contributed by atoms with Gasteiger partial charge in [0.05, 0.1) is 11.6 Å². The largest absolute Gasteiger partial charge is 0.298 e. The topological polar surface area (TPSA) is 20.3 Å². The van der Waals surface area contributed by atoms with Gasteiger partial charge in [-0.25, -0.2) is 0 Å². The lowest BCUT2D eigenvalue weighted by Crippen LogP contribution is -2.58. The highest BCUT2D eigenvalue weighted by Gasteiger charge is 2.71. The Hall–Kier alpha value is -3.49. The van der Waals surface area contributed by atoms with E-state index < -0.39 is 0 Å². The summed E-state index contributed by atoms with van der Waals surface area (Å²) in [5, 5.41) is 0. The van der Waals surface area contributed by atoms with Crippen LogP contribution >= 0.6 is 0 Å². The van der Waals surface area contributed by atoms with Crippen LogP contribution in [0.15, 0.2) is 97.1 Å². The minimum absolute atomic E-state index is 0.124. The fourth-order valence-electron chi connectivity index (χ4n) is 8.76. The van der Waals surface area contributed by atoms with Crippen LogP contribution < -0.4 is 0 Å². The third-order valence-electron chi connectivity index (χ3n) is 10.0. The minimum atomic E-state index is -0.328. The molecule has 0 aromatic heterocycles. The molecule has 4 aromatic carbocycles. The number of rotatable bonds is 4. The molecule has 0 saturated carbocycles. The number of ketones is 1. The van der Waals surface area contributed by atoms with E-state index >= 15 is 0 Å². The fourth-order valence-corrected chi connectivity index (χ4v) is 8.76. The van der Waals surface area contributed by atoms with E-state index in [9.17, 15) is 4.79 Å². The van der Waals surface area contributed by atoms with Crippen LogP contribution in [0, 0.1) is 12.8 Å². The van der Waals surface area contributed by atoms with Gasteiger partial charge in [-0.2, -0.15) is 0 Å². The number of benzene rings is 4. The monoisotopic (exact) mass is 497 g/mol. The van der Waals surface area contributed by atoms with Gasteiger partial charge in [0.2, 0.25) is 0 Å². The predicted octanol–water partition coefficient (Wildman–Crippen LogP) is 7.26. The summed E-state index contributed by atoms with van der Waals surface area (Å²) < 4.78 is 0. The molecular weight excluding hydrogens is 462 g/mol. The first-order valence-corrected chi connectivity index (χ1v) is 14.1. The van der Waals surface area contributed by atoms with Crippen molar-refractivity contribution in [3.05, 3.63) is 130 Å². The van der Waals surface area contributed by atoms with E-state index in [4.69, 9.17) is 0 Å².